The van der Waals surface area contributed by atoms with Crippen molar-refractivity contribution >= 4 is 27.7 Å². The van der Waals surface area contributed by atoms with Crippen LogP contribution in [0, 0.1) is 23.0 Å². The van der Waals surface area contributed by atoms with E-state index >= 15 is 4.39 Å². The van der Waals surface area contributed by atoms with E-state index in [1.165, 1.54) is 36.6 Å². The Morgan fingerprint density at radius 3 is 2.70 bits per heavy atom. The third kappa shape index (κ3) is 6.11. The normalized spacial score (nSPS) is 14.6. The molecular formula is C32H26F2N4O4S. The summed E-state index contributed by atoms with van der Waals surface area (Å²) in [6.07, 6.45) is 2.19. The molecule has 3 aromatic heterocycles. The van der Waals surface area contributed by atoms with E-state index in [2.05, 4.69) is 4.98 Å². The number of aromatic nitrogens is 3. The molecule has 0 spiro atoms. The van der Waals surface area contributed by atoms with E-state index in [9.17, 15) is 9.18 Å². The molecule has 0 radical (unpaired) electrons. The van der Waals surface area contributed by atoms with E-state index < -0.39 is 17.6 Å². The van der Waals surface area contributed by atoms with Gasteiger partial charge >= 0.3 is 5.97 Å². The van der Waals surface area contributed by atoms with Crippen LogP contribution in [0.1, 0.15) is 45.0 Å². The van der Waals surface area contributed by atoms with E-state index in [1.807, 2.05) is 10.6 Å². The molecule has 0 N–H and O–H groups in total. The lowest BCUT2D eigenvalue weighted by molar-refractivity contribution is 0.0606. The largest absolute Gasteiger partial charge is 0.473 e. The number of pyridine rings is 1. The monoisotopic (exact) mass is 600 g/mol. The van der Waals surface area contributed by atoms with Crippen LogP contribution in [0.25, 0.3) is 21.6 Å². The lowest BCUT2D eigenvalue weighted by atomic mass is 10.1. The third-order valence-electron chi connectivity index (χ3n) is 7.30. The summed E-state index contributed by atoms with van der Waals surface area (Å²) < 4.78 is 48.1. The minimum atomic E-state index is -0.534. The van der Waals surface area contributed by atoms with Crippen LogP contribution in [0.3, 0.4) is 0 Å². The van der Waals surface area contributed by atoms with Gasteiger partial charge in [0.1, 0.15) is 33.8 Å². The molecule has 0 aliphatic carbocycles. The van der Waals surface area contributed by atoms with Gasteiger partial charge in [-0.05, 0) is 48.7 Å². The topological polar surface area (TPSA) is 99.3 Å². The van der Waals surface area contributed by atoms with E-state index in [4.69, 9.17) is 24.5 Å². The highest BCUT2D eigenvalue weighted by molar-refractivity contribution is 7.20. The van der Waals surface area contributed by atoms with E-state index in [1.54, 1.807) is 36.4 Å². The molecule has 1 aliphatic heterocycles. The summed E-state index contributed by atoms with van der Waals surface area (Å²) in [6.45, 7) is 1.20. The lowest BCUT2D eigenvalue weighted by Gasteiger charge is -2.14. The molecule has 5 aromatic rings. The van der Waals surface area contributed by atoms with Gasteiger partial charge in [0.25, 0.3) is 0 Å². The zero-order valence-corrected chi connectivity index (χ0v) is 24.0. The fourth-order valence-corrected chi connectivity index (χ4v) is 6.03. The number of rotatable bonds is 9. The van der Waals surface area contributed by atoms with E-state index in [0.717, 1.165) is 24.4 Å². The van der Waals surface area contributed by atoms with Crippen LogP contribution in [0.15, 0.2) is 60.7 Å². The van der Waals surface area contributed by atoms with Crippen LogP contribution in [0.2, 0.25) is 0 Å². The Morgan fingerprint density at radius 1 is 1.12 bits per heavy atom. The zero-order valence-electron chi connectivity index (χ0n) is 23.2. The molecule has 1 fully saturated rings. The fourth-order valence-electron chi connectivity index (χ4n) is 5.06. The van der Waals surface area contributed by atoms with Gasteiger partial charge in [0.05, 0.1) is 42.6 Å². The van der Waals surface area contributed by atoms with Crippen molar-refractivity contribution in [3.05, 3.63) is 99.7 Å². The Labute approximate surface area is 250 Å². The molecule has 1 unspecified atom stereocenters. The summed E-state index contributed by atoms with van der Waals surface area (Å²) >= 11 is 1.25. The molecule has 11 heteroatoms. The van der Waals surface area contributed by atoms with Gasteiger partial charge < -0.3 is 18.8 Å². The van der Waals surface area contributed by atoms with Gasteiger partial charge in [-0.1, -0.05) is 24.3 Å². The Kier molecular flexibility index (Phi) is 8.13. The Morgan fingerprint density at radius 2 is 1.95 bits per heavy atom. The molecule has 0 saturated carbocycles. The number of imidazole rings is 1. The van der Waals surface area contributed by atoms with Crippen LogP contribution >= 0.6 is 11.3 Å². The SMILES string of the molecule is COC(=O)c1cc2c(nc(Cc3ccc(-c4cccc(OCc5ccc(C#N)cc5F)n4)cc3F)n2CC2CCCO2)s1. The molecule has 43 heavy (non-hydrogen) atoms. The highest BCUT2D eigenvalue weighted by Crippen LogP contribution is 2.31. The highest BCUT2D eigenvalue weighted by Gasteiger charge is 2.23. The number of halogens is 2. The third-order valence-corrected chi connectivity index (χ3v) is 8.30. The Bertz CT molecular complexity index is 1860. The minimum absolute atomic E-state index is 0.0267. The molecule has 4 heterocycles. The lowest BCUT2D eigenvalue weighted by Crippen LogP contribution is -2.17. The molecule has 6 rings (SSSR count). The van der Waals surface area contributed by atoms with E-state index in [0.29, 0.717) is 51.1 Å². The van der Waals surface area contributed by atoms with Gasteiger partial charge in [-0.15, -0.1) is 11.3 Å². The molecule has 8 nitrogen and oxygen atoms in total. The van der Waals surface area contributed by atoms with Crippen molar-refractivity contribution in [2.75, 3.05) is 13.7 Å². The van der Waals surface area contributed by atoms with Crippen molar-refractivity contribution in [2.45, 2.75) is 38.5 Å². The smallest absolute Gasteiger partial charge is 0.348 e. The van der Waals surface area contributed by atoms with Gasteiger partial charge in [-0.2, -0.15) is 5.26 Å². The van der Waals surface area contributed by atoms with Crippen LogP contribution < -0.4 is 4.74 Å². The Hall–Kier alpha value is -4.66. The van der Waals surface area contributed by atoms with Crippen molar-refractivity contribution < 1.29 is 27.8 Å². The second-order valence-electron chi connectivity index (χ2n) is 10.1. The number of esters is 1. The maximum Gasteiger partial charge on any atom is 0.348 e. The summed E-state index contributed by atoms with van der Waals surface area (Å²) in [5.41, 5.74) is 2.84. The standard InChI is InChI=1S/C32H26F2N4O4S/c1-40-32(39)28-15-27-31(43-28)37-29(38(27)17-23-4-3-11-41-23)14-20-9-10-21(13-25(20)34)26-5-2-6-30(36-26)42-18-22-8-7-19(16-35)12-24(22)33/h2,5-10,12-13,15,23H,3-4,11,14,17-18H2,1H3. The number of methoxy groups -OCH3 is 1. The van der Waals surface area contributed by atoms with Gasteiger partial charge in [-0.25, -0.2) is 23.5 Å². The molecule has 1 saturated heterocycles. The van der Waals surface area contributed by atoms with Crippen LogP contribution in [-0.4, -0.2) is 40.3 Å². The number of nitriles is 1. The van der Waals surface area contributed by atoms with Gasteiger partial charge in [0, 0.05) is 30.2 Å². The predicted molar refractivity (Wildman–Crippen MR) is 156 cm³/mol. The maximum atomic E-state index is 15.5. The number of thiophene rings is 1. The van der Waals surface area contributed by atoms with Gasteiger partial charge in [0.2, 0.25) is 5.88 Å². The van der Waals surface area contributed by atoms with E-state index in [-0.39, 0.29) is 30.6 Å². The van der Waals surface area contributed by atoms with Crippen molar-refractivity contribution in [2.24, 2.45) is 0 Å². The average molecular weight is 601 g/mol. The number of carbonyl (C=O) groups is 1. The van der Waals surface area contributed by atoms with Crippen molar-refractivity contribution in [3.63, 3.8) is 0 Å². The van der Waals surface area contributed by atoms with Crippen molar-refractivity contribution in [1.29, 1.82) is 5.26 Å². The van der Waals surface area contributed by atoms with Crippen molar-refractivity contribution in [1.82, 2.24) is 14.5 Å². The number of carbonyl (C=O) groups excluding carboxylic acids is 1. The molecule has 1 atom stereocenters. The fraction of sp³-hybridized carbons (Fsp3) is 0.250. The molecule has 218 valence electrons. The molecular weight excluding hydrogens is 574 g/mol. The van der Waals surface area contributed by atoms with Crippen LogP contribution in [0.4, 0.5) is 8.78 Å². The van der Waals surface area contributed by atoms with Crippen molar-refractivity contribution in [3.8, 4) is 23.2 Å². The number of nitrogens with zero attached hydrogens (tertiary/aromatic N) is 4. The maximum absolute atomic E-state index is 15.5. The zero-order chi connectivity index (χ0) is 29.9. The molecule has 2 aromatic carbocycles. The summed E-state index contributed by atoms with van der Waals surface area (Å²) in [5.74, 6) is -0.417. The van der Waals surface area contributed by atoms with Crippen LogP contribution in [-0.2, 0) is 29.0 Å². The molecule has 1 aliphatic rings. The first kappa shape index (κ1) is 28.5. The number of ether oxygens (including phenoxy) is 3. The number of hydrogen-bond acceptors (Lipinski definition) is 8. The Balaban J connectivity index is 1.22. The number of hydrogen-bond donors (Lipinski definition) is 0. The summed E-state index contributed by atoms with van der Waals surface area (Å²) in [6, 6.07) is 17.9. The quantitative estimate of drug-likeness (QED) is 0.179. The second kappa shape index (κ2) is 12.3. The first-order valence-electron chi connectivity index (χ1n) is 13.7. The summed E-state index contributed by atoms with van der Waals surface area (Å²) in [4.78, 5) is 22.5. The number of fused-ring (bicyclic) bond motifs is 1. The summed E-state index contributed by atoms with van der Waals surface area (Å²) in [7, 11) is 1.34. The molecule has 0 bridgehead atoms. The first-order valence-corrected chi connectivity index (χ1v) is 14.5. The number of benzene rings is 2. The average Bonchev–Trinajstić information content (AvgIpc) is 3.76. The van der Waals surface area contributed by atoms with Gasteiger partial charge in [0.15, 0.2) is 0 Å². The highest BCUT2D eigenvalue weighted by atomic mass is 32.1. The van der Waals surface area contributed by atoms with Gasteiger partial charge in [-0.3, -0.25) is 0 Å². The summed E-state index contributed by atoms with van der Waals surface area (Å²) in [5, 5.41) is 8.92. The second-order valence-corrected chi connectivity index (χ2v) is 11.1. The first-order chi connectivity index (χ1) is 20.9. The predicted octanol–water partition coefficient (Wildman–Crippen LogP) is 6.45. The molecule has 0 amide bonds. The van der Waals surface area contributed by atoms with Crippen LogP contribution in [0.5, 0.6) is 5.88 Å². The minimum Gasteiger partial charge on any atom is -0.473 e.